The molecule has 1 fully saturated rings. The SMILES string of the molecule is C=C1CCC2=C(CCC3C2=CCC2CCCC23)C1.CC.CC.CCC. The summed E-state index contributed by atoms with van der Waals surface area (Å²) in [5.41, 5.74) is 6.81. The summed E-state index contributed by atoms with van der Waals surface area (Å²) in [5, 5.41) is 0. The molecule has 0 heterocycles. The summed E-state index contributed by atoms with van der Waals surface area (Å²) in [4.78, 5) is 0. The Morgan fingerprint density at radius 2 is 1.64 bits per heavy atom. The van der Waals surface area contributed by atoms with Crippen molar-refractivity contribution in [3.63, 3.8) is 0 Å². The highest BCUT2D eigenvalue weighted by Gasteiger charge is 2.40. The molecule has 144 valence electrons. The molecular weight excluding hydrogens is 300 g/mol. The van der Waals surface area contributed by atoms with Gasteiger partial charge in [-0.1, -0.05) is 78.2 Å². The fraction of sp³-hybridized carbons (Fsp3) is 0.760. The zero-order valence-electron chi connectivity index (χ0n) is 18.1. The van der Waals surface area contributed by atoms with E-state index in [1.807, 2.05) is 27.7 Å². The van der Waals surface area contributed by atoms with E-state index < -0.39 is 0 Å². The minimum atomic E-state index is 0.941. The minimum Gasteiger partial charge on any atom is -0.0995 e. The first-order valence-corrected chi connectivity index (χ1v) is 11.3. The Hall–Kier alpha value is -0.780. The van der Waals surface area contributed by atoms with Gasteiger partial charge < -0.3 is 0 Å². The second-order valence-electron chi connectivity index (χ2n) is 7.61. The third kappa shape index (κ3) is 5.35. The third-order valence-corrected chi connectivity index (χ3v) is 6.00. The molecule has 0 heteroatoms. The van der Waals surface area contributed by atoms with Gasteiger partial charge >= 0.3 is 0 Å². The summed E-state index contributed by atoms with van der Waals surface area (Å²) >= 11 is 0. The fourth-order valence-electron chi connectivity index (χ4n) is 5.16. The minimum absolute atomic E-state index is 0.941. The molecule has 0 bridgehead atoms. The van der Waals surface area contributed by atoms with Crippen molar-refractivity contribution in [1.29, 1.82) is 0 Å². The molecule has 0 aromatic rings. The lowest BCUT2D eigenvalue weighted by Gasteiger charge is -2.41. The van der Waals surface area contributed by atoms with Crippen molar-refractivity contribution in [2.24, 2.45) is 17.8 Å². The molecule has 0 spiro atoms. The van der Waals surface area contributed by atoms with Crippen LogP contribution in [0, 0.1) is 17.8 Å². The summed E-state index contributed by atoms with van der Waals surface area (Å²) in [5.74, 6) is 3.03. The first kappa shape index (κ1) is 22.3. The standard InChI is InChI=1S/C18H24.C3H8.2C2H6/c1-12-5-8-16-14(11-12)7-10-17-15-4-2-3-13(15)6-9-18(16)17;1-3-2;2*1-2/h9,13,15,17H,1-8,10-11H2;3H2,1-2H3;2*1-2H3. The number of hydrogen-bond acceptors (Lipinski definition) is 0. The van der Waals surface area contributed by atoms with Crippen LogP contribution in [-0.2, 0) is 0 Å². The molecule has 0 aromatic heterocycles. The quantitative estimate of drug-likeness (QED) is 0.386. The zero-order valence-corrected chi connectivity index (χ0v) is 18.1. The van der Waals surface area contributed by atoms with Crippen molar-refractivity contribution < 1.29 is 0 Å². The summed E-state index contributed by atoms with van der Waals surface area (Å²) in [6.45, 7) is 16.5. The highest BCUT2D eigenvalue weighted by Crippen LogP contribution is 2.53. The van der Waals surface area contributed by atoms with Gasteiger partial charge in [0.1, 0.15) is 0 Å². The maximum atomic E-state index is 4.21. The van der Waals surface area contributed by atoms with Crippen LogP contribution in [0.2, 0.25) is 0 Å². The molecule has 4 rings (SSSR count). The molecule has 0 aliphatic heterocycles. The highest BCUT2D eigenvalue weighted by molar-refractivity contribution is 5.45. The molecule has 3 unspecified atom stereocenters. The predicted molar refractivity (Wildman–Crippen MR) is 115 cm³/mol. The number of fused-ring (bicyclic) bond motifs is 4. The van der Waals surface area contributed by atoms with Crippen molar-refractivity contribution in [3.8, 4) is 0 Å². The molecule has 0 nitrogen and oxygen atoms in total. The molecule has 0 N–H and O–H groups in total. The lowest BCUT2D eigenvalue weighted by atomic mass is 9.64. The van der Waals surface area contributed by atoms with Gasteiger partial charge in [0.05, 0.1) is 0 Å². The smallest absolute Gasteiger partial charge is 0.0105 e. The van der Waals surface area contributed by atoms with Crippen LogP contribution in [0.25, 0.3) is 0 Å². The highest BCUT2D eigenvalue weighted by atomic mass is 14.5. The van der Waals surface area contributed by atoms with E-state index in [-0.39, 0.29) is 0 Å². The van der Waals surface area contributed by atoms with Gasteiger partial charge in [0.25, 0.3) is 0 Å². The van der Waals surface area contributed by atoms with E-state index in [0.717, 1.165) is 17.8 Å². The third-order valence-electron chi connectivity index (χ3n) is 6.00. The van der Waals surface area contributed by atoms with Crippen LogP contribution in [0.15, 0.2) is 34.9 Å². The maximum absolute atomic E-state index is 4.21. The Morgan fingerprint density at radius 3 is 2.32 bits per heavy atom. The summed E-state index contributed by atoms with van der Waals surface area (Å²) in [6.07, 6.45) is 16.4. The van der Waals surface area contributed by atoms with Gasteiger partial charge in [-0.25, -0.2) is 0 Å². The average molecular weight is 345 g/mol. The number of allylic oxidation sites excluding steroid dienone is 5. The normalized spacial score (nSPS) is 29.3. The van der Waals surface area contributed by atoms with E-state index in [0.29, 0.717) is 0 Å². The number of hydrogen-bond donors (Lipinski definition) is 0. The van der Waals surface area contributed by atoms with Gasteiger partial charge in [-0.05, 0) is 80.3 Å². The predicted octanol–water partition coefficient (Wildman–Crippen LogP) is 8.65. The molecule has 0 aromatic carbocycles. The van der Waals surface area contributed by atoms with Gasteiger partial charge in [0, 0.05) is 0 Å². The Bertz CT molecular complexity index is 462. The lowest BCUT2D eigenvalue weighted by Crippen LogP contribution is -2.29. The van der Waals surface area contributed by atoms with E-state index >= 15 is 0 Å². The zero-order chi connectivity index (χ0) is 18.8. The van der Waals surface area contributed by atoms with Gasteiger partial charge in [-0.2, -0.15) is 0 Å². The molecule has 0 saturated heterocycles. The van der Waals surface area contributed by atoms with E-state index in [1.54, 1.807) is 16.7 Å². The van der Waals surface area contributed by atoms with Gasteiger partial charge in [-0.3, -0.25) is 0 Å². The van der Waals surface area contributed by atoms with Crippen LogP contribution in [-0.4, -0.2) is 0 Å². The van der Waals surface area contributed by atoms with Crippen LogP contribution in [0.3, 0.4) is 0 Å². The second kappa shape index (κ2) is 11.8. The van der Waals surface area contributed by atoms with Crippen molar-refractivity contribution in [2.45, 2.75) is 106 Å². The van der Waals surface area contributed by atoms with Crippen LogP contribution < -0.4 is 0 Å². The van der Waals surface area contributed by atoms with Gasteiger partial charge in [0.15, 0.2) is 0 Å². The molecule has 25 heavy (non-hydrogen) atoms. The van der Waals surface area contributed by atoms with E-state index in [9.17, 15) is 0 Å². The molecule has 0 radical (unpaired) electrons. The van der Waals surface area contributed by atoms with E-state index in [2.05, 4.69) is 26.5 Å². The molecule has 4 aliphatic carbocycles. The Balaban J connectivity index is 0.000000397. The van der Waals surface area contributed by atoms with E-state index in [4.69, 9.17) is 0 Å². The Labute approximate surface area is 158 Å². The summed E-state index contributed by atoms with van der Waals surface area (Å²) in [7, 11) is 0. The second-order valence-corrected chi connectivity index (χ2v) is 7.61. The fourth-order valence-corrected chi connectivity index (χ4v) is 5.16. The van der Waals surface area contributed by atoms with Crippen molar-refractivity contribution >= 4 is 0 Å². The molecule has 3 atom stereocenters. The Morgan fingerprint density at radius 1 is 0.960 bits per heavy atom. The Kier molecular flexibility index (Phi) is 10.5. The maximum Gasteiger partial charge on any atom is -0.0105 e. The molecular formula is C25H44. The molecule has 0 amide bonds. The lowest BCUT2D eigenvalue weighted by molar-refractivity contribution is 0.257. The van der Waals surface area contributed by atoms with E-state index in [1.165, 1.54) is 69.8 Å². The topological polar surface area (TPSA) is 0 Å². The van der Waals surface area contributed by atoms with Crippen LogP contribution in [0.4, 0.5) is 0 Å². The first-order chi connectivity index (χ1) is 12.2. The van der Waals surface area contributed by atoms with Gasteiger partial charge in [-0.15, -0.1) is 0 Å². The summed E-state index contributed by atoms with van der Waals surface area (Å²) < 4.78 is 0. The summed E-state index contributed by atoms with van der Waals surface area (Å²) in [6, 6.07) is 0. The largest absolute Gasteiger partial charge is 0.0995 e. The van der Waals surface area contributed by atoms with Crippen molar-refractivity contribution in [2.75, 3.05) is 0 Å². The average Bonchev–Trinajstić information content (AvgIpc) is 3.14. The van der Waals surface area contributed by atoms with Gasteiger partial charge in [0.2, 0.25) is 0 Å². The molecule has 1 saturated carbocycles. The van der Waals surface area contributed by atoms with Crippen molar-refractivity contribution in [1.82, 2.24) is 0 Å². The number of rotatable bonds is 0. The van der Waals surface area contributed by atoms with Crippen LogP contribution in [0.1, 0.15) is 106 Å². The van der Waals surface area contributed by atoms with Crippen LogP contribution in [0.5, 0.6) is 0 Å². The van der Waals surface area contributed by atoms with Crippen LogP contribution >= 0.6 is 0 Å². The monoisotopic (exact) mass is 344 g/mol. The van der Waals surface area contributed by atoms with Crippen molar-refractivity contribution in [3.05, 3.63) is 34.9 Å². The first-order valence-electron chi connectivity index (χ1n) is 11.3. The molecule has 4 aliphatic rings.